The quantitative estimate of drug-likeness (QED) is 0.698. The van der Waals surface area contributed by atoms with E-state index in [1.807, 2.05) is 54.7 Å². The van der Waals surface area contributed by atoms with Gasteiger partial charge in [0.15, 0.2) is 5.78 Å². The fraction of sp³-hybridized carbons (Fsp3) is 0.333. The summed E-state index contributed by atoms with van der Waals surface area (Å²) in [7, 11) is 0. The molecule has 2 aromatic heterocycles. The first-order valence-corrected chi connectivity index (χ1v) is 10.8. The predicted molar refractivity (Wildman–Crippen MR) is 122 cm³/mol. The summed E-state index contributed by atoms with van der Waals surface area (Å²) in [6, 6.07) is 15.9. The van der Waals surface area contributed by atoms with Gasteiger partial charge in [0.1, 0.15) is 11.6 Å². The molecule has 158 valence electrons. The molecule has 0 radical (unpaired) electrons. The van der Waals surface area contributed by atoms with Gasteiger partial charge in [0.2, 0.25) is 5.95 Å². The number of hydrogen-bond acceptors (Lipinski definition) is 7. The lowest BCUT2D eigenvalue weighted by Gasteiger charge is -2.36. The summed E-state index contributed by atoms with van der Waals surface area (Å²) >= 11 is 0. The number of carbonyl (C=O) groups excluding carboxylic acids is 1. The SMILES string of the molecule is CC1CC(=O)c2c(nc(N3CCN(c4ccccn4)CC3)nc2Nc2ccccc2)C1. The first kappa shape index (κ1) is 19.5. The molecule has 1 unspecified atom stereocenters. The van der Waals surface area contributed by atoms with Crippen molar-refractivity contribution < 1.29 is 4.79 Å². The molecule has 0 spiro atoms. The zero-order chi connectivity index (χ0) is 21.2. The van der Waals surface area contributed by atoms with Crippen LogP contribution in [0.5, 0.6) is 0 Å². The third-order valence-corrected chi connectivity index (χ3v) is 5.90. The molecule has 3 heterocycles. The lowest BCUT2D eigenvalue weighted by atomic mass is 9.87. The zero-order valence-corrected chi connectivity index (χ0v) is 17.7. The van der Waals surface area contributed by atoms with Crippen LogP contribution in [0.25, 0.3) is 0 Å². The number of benzene rings is 1. The normalized spacial score (nSPS) is 18.6. The van der Waals surface area contributed by atoms with Gasteiger partial charge >= 0.3 is 0 Å². The van der Waals surface area contributed by atoms with E-state index in [9.17, 15) is 4.79 Å². The van der Waals surface area contributed by atoms with Gasteiger partial charge in [0.25, 0.3) is 0 Å². The average molecular weight is 415 g/mol. The van der Waals surface area contributed by atoms with E-state index < -0.39 is 0 Å². The van der Waals surface area contributed by atoms with Gasteiger partial charge in [-0.05, 0) is 36.6 Å². The number of anilines is 4. The number of piperazine rings is 1. The minimum atomic E-state index is 0.124. The van der Waals surface area contributed by atoms with E-state index in [-0.39, 0.29) is 5.78 Å². The van der Waals surface area contributed by atoms with Gasteiger partial charge in [-0.2, -0.15) is 4.98 Å². The Balaban J connectivity index is 1.43. The van der Waals surface area contributed by atoms with E-state index >= 15 is 0 Å². The fourth-order valence-corrected chi connectivity index (χ4v) is 4.32. The lowest BCUT2D eigenvalue weighted by molar-refractivity contribution is 0.0952. The standard InChI is InChI=1S/C24H26N6O/c1-17-15-19-22(20(31)16-17)23(26-18-7-3-2-4-8-18)28-24(27-19)30-13-11-29(12-14-30)21-9-5-6-10-25-21/h2-10,17H,11-16H2,1H3,(H,26,27,28). The molecular formula is C24H26N6O. The van der Waals surface area contributed by atoms with Crippen LogP contribution in [0.3, 0.4) is 0 Å². The Morgan fingerprint density at radius 3 is 2.39 bits per heavy atom. The maximum absolute atomic E-state index is 12.8. The van der Waals surface area contributed by atoms with Crippen LogP contribution in [0.1, 0.15) is 29.4 Å². The zero-order valence-electron chi connectivity index (χ0n) is 17.7. The Hall–Kier alpha value is -3.48. The number of carbonyl (C=O) groups is 1. The molecule has 1 aromatic carbocycles. The summed E-state index contributed by atoms with van der Waals surface area (Å²) in [5.41, 5.74) is 2.43. The van der Waals surface area contributed by atoms with Crippen LogP contribution in [0, 0.1) is 5.92 Å². The Labute approximate surface area is 182 Å². The number of fused-ring (bicyclic) bond motifs is 1. The van der Waals surface area contributed by atoms with E-state index in [1.54, 1.807) is 0 Å². The molecule has 1 saturated heterocycles. The summed E-state index contributed by atoms with van der Waals surface area (Å²) in [5, 5.41) is 3.37. The molecule has 31 heavy (non-hydrogen) atoms. The van der Waals surface area contributed by atoms with Gasteiger partial charge in [0.05, 0.1) is 11.3 Å². The van der Waals surface area contributed by atoms with Crippen molar-refractivity contribution in [3.05, 3.63) is 66.0 Å². The number of nitrogens with one attached hydrogen (secondary N) is 1. The number of pyridine rings is 1. The molecule has 7 nitrogen and oxygen atoms in total. The molecule has 2 aliphatic rings. The van der Waals surface area contributed by atoms with Crippen LogP contribution in [0.2, 0.25) is 0 Å². The van der Waals surface area contributed by atoms with Crippen molar-refractivity contribution in [3.8, 4) is 0 Å². The van der Waals surface area contributed by atoms with E-state index in [0.717, 1.165) is 49.8 Å². The molecular weight excluding hydrogens is 388 g/mol. The molecule has 1 aliphatic heterocycles. The second-order valence-electron chi connectivity index (χ2n) is 8.28. The summed E-state index contributed by atoms with van der Waals surface area (Å²) in [5.74, 6) is 2.74. The van der Waals surface area contributed by atoms with Crippen LogP contribution >= 0.6 is 0 Å². The Morgan fingerprint density at radius 1 is 0.903 bits per heavy atom. The maximum atomic E-state index is 12.8. The van der Waals surface area contributed by atoms with E-state index in [4.69, 9.17) is 9.97 Å². The molecule has 0 amide bonds. The molecule has 1 aliphatic carbocycles. The van der Waals surface area contributed by atoms with Crippen LogP contribution < -0.4 is 15.1 Å². The van der Waals surface area contributed by atoms with Crippen LogP contribution in [0.15, 0.2) is 54.7 Å². The molecule has 3 aromatic rings. The van der Waals surface area contributed by atoms with E-state index in [2.05, 4.69) is 27.0 Å². The second kappa shape index (κ2) is 8.34. The van der Waals surface area contributed by atoms with Crippen molar-refractivity contribution in [2.75, 3.05) is 41.3 Å². The minimum absolute atomic E-state index is 0.124. The number of aromatic nitrogens is 3. The van der Waals surface area contributed by atoms with Crippen molar-refractivity contribution in [2.45, 2.75) is 19.8 Å². The highest BCUT2D eigenvalue weighted by Gasteiger charge is 2.30. The number of Topliss-reactive ketones (excluding diaryl/α,β-unsaturated/α-hetero) is 1. The minimum Gasteiger partial charge on any atom is -0.353 e. The van der Waals surface area contributed by atoms with Crippen molar-refractivity contribution >= 4 is 29.1 Å². The van der Waals surface area contributed by atoms with Crippen LogP contribution in [-0.4, -0.2) is 46.9 Å². The predicted octanol–water partition coefficient (Wildman–Crippen LogP) is 3.71. The monoisotopic (exact) mass is 414 g/mol. The Morgan fingerprint density at radius 2 is 1.65 bits per heavy atom. The Bertz CT molecular complexity index is 1060. The molecule has 1 fully saturated rings. The highest BCUT2D eigenvalue weighted by atomic mass is 16.1. The number of ketones is 1. The smallest absolute Gasteiger partial charge is 0.227 e. The molecule has 5 rings (SSSR count). The topological polar surface area (TPSA) is 74.2 Å². The van der Waals surface area contributed by atoms with E-state index in [1.165, 1.54) is 0 Å². The molecule has 1 N–H and O–H groups in total. The summed E-state index contributed by atoms with van der Waals surface area (Å²) in [6.45, 7) is 5.44. The second-order valence-corrected chi connectivity index (χ2v) is 8.28. The molecule has 7 heteroatoms. The highest BCUT2D eigenvalue weighted by molar-refractivity contribution is 6.03. The van der Waals surface area contributed by atoms with Gasteiger partial charge in [-0.1, -0.05) is 31.2 Å². The number of rotatable bonds is 4. The van der Waals surface area contributed by atoms with Crippen molar-refractivity contribution in [1.29, 1.82) is 0 Å². The number of para-hydroxylation sites is 1. The third kappa shape index (κ3) is 4.08. The molecule has 1 atom stereocenters. The third-order valence-electron chi connectivity index (χ3n) is 5.90. The van der Waals surface area contributed by atoms with Crippen LogP contribution in [0.4, 0.5) is 23.3 Å². The first-order chi connectivity index (χ1) is 15.2. The maximum Gasteiger partial charge on any atom is 0.227 e. The van der Waals surface area contributed by atoms with Crippen molar-refractivity contribution in [3.63, 3.8) is 0 Å². The van der Waals surface area contributed by atoms with Crippen LogP contribution in [-0.2, 0) is 6.42 Å². The lowest BCUT2D eigenvalue weighted by Crippen LogP contribution is -2.47. The van der Waals surface area contributed by atoms with Gasteiger partial charge < -0.3 is 15.1 Å². The molecule has 0 bridgehead atoms. The van der Waals surface area contributed by atoms with Gasteiger partial charge in [-0.15, -0.1) is 0 Å². The number of nitrogens with zero attached hydrogens (tertiary/aromatic N) is 5. The first-order valence-electron chi connectivity index (χ1n) is 10.8. The average Bonchev–Trinajstić information content (AvgIpc) is 2.80. The van der Waals surface area contributed by atoms with Gasteiger partial charge in [-0.25, -0.2) is 9.97 Å². The highest BCUT2D eigenvalue weighted by Crippen LogP contribution is 2.32. The van der Waals surface area contributed by atoms with E-state index in [0.29, 0.717) is 29.7 Å². The van der Waals surface area contributed by atoms with Crippen molar-refractivity contribution in [1.82, 2.24) is 15.0 Å². The summed E-state index contributed by atoms with van der Waals surface area (Å²) < 4.78 is 0. The number of hydrogen-bond donors (Lipinski definition) is 1. The Kier molecular flexibility index (Phi) is 5.24. The molecule has 0 saturated carbocycles. The fourth-order valence-electron chi connectivity index (χ4n) is 4.32. The largest absolute Gasteiger partial charge is 0.353 e. The summed E-state index contributed by atoms with van der Waals surface area (Å²) in [4.78, 5) is 31.5. The van der Waals surface area contributed by atoms with Gasteiger partial charge in [-0.3, -0.25) is 4.79 Å². The van der Waals surface area contributed by atoms with Crippen molar-refractivity contribution in [2.24, 2.45) is 5.92 Å². The van der Waals surface area contributed by atoms with Gasteiger partial charge in [0, 0.05) is 44.5 Å². The summed E-state index contributed by atoms with van der Waals surface area (Å²) in [6.07, 6.45) is 3.17.